The Balaban J connectivity index is 2.17. The lowest BCUT2D eigenvalue weighted by molar-refractivity contribution is -0.141. The van der Waals surface area contributed by atoms with E-state index < -0.39 is 11.9 Å². The minimum Gasteiger partial charge on any atom is -0.348 e. The first-order valence-electron chi connectivity index (χ1n) is 4.84. The zero-order valence-electron chi connectivity index (χ0n) is 8.38. The second-order valence-corrected chi connectivity index (χ2v) is 3.87. The second kappa shape index (κ2) is 3.58. The summed E-state index contributed by atoms with van der Waals surface area (Å²) in [5, 5.41) is 2.84. The van der Waals surface area contributed by atoms with E-state index in [0.717, 1.165) is 25.1 Å². The number of anilines is 1. The van der Waals surface area contributed by atoms with Gasteiger partial charge in [-0.15, -0.1) is 0 Å². The van der Waals surface area contributed by atoms with Crippen LogP contribution in [0.1, 0.15) is 18.5 Å². The van der Waals surface area contributed by atoms with Crippen LogP contribution < -0.4 is 11.1 Å². The van der Waals surface area contributed by atoms with Crippen LogP contribution in [-0.4, -0.2) is 22.1 Å². The molecule has 1 fully saturated rings. The van der Waals surface area contributed by atoms with Gasteiger partial charge in [0.15, 0.2) is 0 Å². The van der Waals surface area contributed by atoms with Crippen LogP contribution in [0.3, 0.4) is 0 Å². The van der Waals surface area contributed by atoms with E-state index in [2.05, 4.69) is 15.3 Å². The summed E-state index contributed by atoms with van der Waals surface area (Å²) in [6.07, 6.45) is -1.68. The molecule has 1 aliphatic rings. The fourth-order valence-electron chi connectivity index (χ4n) is 1.35. The van der Waals surface area contributed by atoms with Gasteiger partial charge in [-0.25, -0.2) is 9.97 Å². The smallest absolute Gasteiger partial charge is 0.348 e. The van der Waals surface area contributed by atoms with Crippen molar-refractivity contribution in [1.82, 2.24) is 9.97 Å². The fourth-order valence-corrected chi connectivity index (χ4v) is 1.35. The molecule has 0 aromatic carbocycles. The summed E-state index contributed by atoms with van der Waals surface area (Å²) in [4.78, 5) is 7.16. The zero-order chi connectivity index (χ0) is 11.8. The Morgan fingerprint density at radius 3 is 2.62 bits per heavy atom. The van der Waals surface area contributed by atoms with Crippen LogP contribution in [0.25, 0.3) is 0 Å². The summed E-state index contributed by atoms with van der Waals surface area (Å²) >= 11 is 0. The third-order valence-electron chi connectivity index (χ3n) is 2.57. The number of hydrogen-bond acceptors (Lipinski definition) is 4. The lowest BCUT2D eigenvalue weighted by atomic mass is 10.3. The maximum Gasteiger partial charge on any atom is 0.433 e. The Morgan fingerprint density at radius 1 is 1.44 bits per heavy atom. The molecule has 88 valence electrons. The summed E-state index contributed by atoms with van der Waals surface area (Å²) in [7, 11) is 0. The summed E-state index contributed by atoms with van der Waals surface area (Å²) < 4.78 is 37.1. The van der Waals surface area contributed by atoms with E-state index >= 15 is 0 Å². The van der Waals surface area contributed by atoms with Crippen molar-refractivity contribution in [3.05, 3.63) is 18.0 Å². The van der Waals surface area contributed by atoms with Crippen molar-refractivity contribution in [3.8, 4) is 0 Å². The molecule has 7 heteroatoms. The molecule has 16 heavy (non-hydrogen) atoms. The van der Waals surface area contributed by atoms with Crippen LogP contribution >= 0.6 is 0 Å². The number of nitrogens with zero attached hydrogens (tertiary/aromatic N) is 2. The molecule has 0 unspecified atom stereocenters. The van der Waals surface area contributed by atoms with Crippen molar-refractivity contribution in [2.24, 2.45) is 5.73 Å². The third kappa shape index (κ3) is 2.24. The van der Waals surface area contributed by atoms with Crippen molar-refractivity contribution in [2.75, 3.05) is 11.9 Å². The highest BCUT2D eigenvalue weighted by Gasteiger charge is 2.42. The van der Waals surface area contributed by atoms with E-state index in [4.69, 9.17) is 5.73 Å². The Hall–Kier alpha value is -1.37. The maximum atomic E-state index is 12.4. The van der Waals surface area contributed by atoms with Crippen LogP contribution in [0.4, 0.5) is 19.1 Å². The van der Waals surface area contributed by atoms with Gasteiger partial charge < -0.3 is 11.1 Å². The molecule has 1 aromatic rings. The molecular weight excluding hydrogens is 221 g/mol. The molecule has 2 rings (SSSR count). The number of aromatic nitrogens is 2. The molecule has 0 aliphatic heterocycles. The van der Waals surface area contributed by atoms with Gasteiger partial charge in [0.2, 0.25) is 5.95 Å². The fraction of sp³-hybridized carbons (Fsp3) is 0.556. The van der Waals surface area contributed by atoms with Crippen molar-refractivity contribution < 1.29 is 13.2 Å². The summed E-state index contributed by atoms with van der Waals surface area (Å²) in [5.41, 5.74) is 4.25. The SMILES string of the molecule is NCC1(Nc2nccc(C(F)(F)F)n2)CC1. The van der Waals surface area contributed by atoms with E-state index in [-0.39, 0.29) is 11.5 Å². The highest BCUT2D eigenvalue weighted by atomic mass is 19.4. The van der Waals surface area contributed by atoms with Gasteiger partial charge in [0.05, 0.1) is 5.54 Å². The van der Waals surface area contributed by atoms with Crippen molar-refractivity contribution >= 4 is 5.95 Å². The van der Waals surface area contributed by atoms with Gasteiger partial charge in [0.25, 0.3) is 0 Å². The van der Waals surface area contributed by atoms with Crippen LogP contribution in [0.2, 0.25) is 0 Å². The number of nitrogens with one attached hydrogen (secondary N) is 1. The molecule has 0 saturated heterocycles. The Labute approximate surface area is 90.1 Å². The number of halogens is 3. The molecular formula is C9H11F3N4. The number of hydrogen-bond donors (Lipinski definition) is 2. The summed E-state index contributed by atoms with van der Waals surface area (Å²) in [6.45, 7) is 0.368. The van der Waals surface area contributed by atoms with E-state index in [1.807, 2.05) is 0 Å². The molecule has 1 saturated carbocycles. The molecule has 3 N–H and O–H groups in total. The first-order chi connectivity index (χ1) is 7.45. The Bertz CT molecular complexity index is 387. The second-order valence-electron chi connectivity index (χ2n) is 3.87. The maximum absolute atomic E-state index is 12.4. The van der Waals surface area contributed by atoms with Crippen LogP contribution in [0.5, 0.6) is 0 Å². The number of nitrogens with two attached hydrogens (primary N) is 1. The van der Waals surface area contributed by atoms with Gasteiger partial charge in [-0.1, -0.05) is 0 Å². The summed E-state index contributed by atoms with van der Waals surface area (Å²) in [6, 6.07) is 0.840. The van der Waals surface area contributed by atoms with Gasteiger partial charge in [-0.2, -0.15) is 13.2 Å². The van der Waals surface area contributed by atoms with Crippen LogP contribution in [0.15, 0.2) is 12.3 Å². The van der Waals surface area contributed by atoms with Crippen molar-refractivity contribution in [3.63, 3.8) is 0 Å². The number of alkyl halides is 3. The van der Waals surface area contributed by atoms with E-state index in [0.29, 0.717) is 6.54 Å². The molecule has 1 heterocycles. The number of rotatable bonds is 3. The average Bonchev–Trinajstić information content (AvgIpc) is 2.98. The lowest BCUT2D eigenvalue weighted by Gasteiger charge is -2.15. The van der Waals surface area contributed by atoms with Gasteiger partial charge in [0, 0.05) is 12.7 Å². The quantitative estimate of drug-likeness (QED) is 0.826. The largest absolute Gasteiger partial charge is 0.433 e. The Morgan fingerprint density at radius 2 is 2.12 bits per heavy atom. The van der Waals surface area contributed by atoms with Crippen LogP contribution in [0, 0.1) is 0 Å². The molecule has 0 bridgehead atoms. The molecule has 0 amide bonds. The highest BCUT2D eigenvalue weighted by molar-refractivity contribution is 5.34. The van der Waals surface area contributed by atoms with E-state index in [1.54, 1.807) is 0 Å². The molecule has 0 spiro atoms. The van der Waals surface area contributed by atoms with E-state index in [9.17, 15) is 13.2 Å². The van der Waals surface area contributed by atoms with E-state index in [1.165, 1.54) is 0 Å². The summed E-state index contributed by atoms with van der Waals surface area (Å²) in [5.74, 6) is -0.0159. The predicted octanol–water partition coefficient (Wildman–Crippen LogP) is 1.40. The standard InChI is InChI=1S/C9H11F3N4/c10-9(11,12)6-1-4-14-7(15-6)16-8(5-13)2-3-8/h1,4H,2-3,5,13H2,(H,14,15,16). The minimum absolute atomic E-state index is 0.0159. The molecule has 0 radical (unpaired) electrons. The van der Waals surface area contributed by atoms with Crippen molar-refractivity contribution in [1.29, 1.82) is 0 Å². The zero-order valence-corrected chi connectivity index (χ0v) is 8.38. The Kier molecular flexibility index (Phi) is 2.49. The third-order valence-corrected chi connectivity index (χ3v) is 2.57. The normalized spacial score (nSPS) is 18.2. The van der Waals surface area contributed by atoms with Crippen LogP contribution in [-0.2, 0) is 6.18 Å². The highest BCUT2D eigenvalue weighted by Crippen LogP contribution is 2.37. The minimum atomic E-state index is -4.45. The molecule has 1 aliphatic carbocycles. The monoisotopic (exact) mass is 232 g/mol. The van der Waals surface area contributed by atoms with Gasteiger partial charge >= 0.3 is 6.18 Å². The van der Waals surface area contributed by atoms with Gasteiger partial charge in [-0.3, -0.25) is 0 Å². The lowest BCUT2D eigenvalue weighted by Crippen LogP contribution is -2.32. The average molecular weight is 232 g/mol. The molecule has 4 nitrogen and oxygen atoms in total. The molecule has 1 aromatic heterocycles. The predicted molar refractivity (Wildman–Crippen MR) is 51.7 cm³/mol. The van der Waals surface area contributed by atoms with Gasteiger partial charge in [-0.05, 0) is 18.9 Å². The first kappa shape index (κ1) is 11.1. The van der Waals surface area contributed by atoms with Crippen molar-refractivity contribution in [2.45, 2.75) is 24.6 Å². The topological polar surface area (TPSA) is 63.8 Å². The molecule has 0 atom stereocenters. The first-order valence-corrected chi connectivity index (χ1v) is 4.84. The van der Waals surface area contributed by atoms with Gasteiger partial charge in [0.1, 0.15) is 5.69 Å².